The van der Waals surface area contributed by atoms with Gasteiger partial charge in [-0.25, -0.2) is 14.3 Å². The van der Waals surface area contributed by atoms with Crippen molar-refractivity contribution in [1.82, 2.24) is 14.7 Å². The summed E-state index contributed by atoms with van der Waals surface area (Å²) in [4.78, 5) is 26.3. The average molecular weight is 366 g/mol. The highest BCUT2D eigenvalue weighted by Gasteiger charge is 2.34. The fourth-order valence-corrected chi connectivity index (χ4v) is 3.21. The lowest BCUT2D eigenvalue weighted by Gasteiger charge is -2.34. The number of carbonyl (C=O) groups is 2. The van der Waals surface area contributed by atoms with Crippen LogP contribution in [0.25, 0.3) is 0 Å². The van der Waals surface area contributed by atoms with Gasteiger partial charge in [-0.15, -0.1) is 0 Å². The Labute approximate surface area is 154 Å². The molecule has 0 radical (unpaired) electrons. The first kappa shape index (κ1) is 20.1. The van der Waals surface area contributed by atoms with Crippen LogP contribution in [0.15, 0.2) is 0 Å². The van der Waals surface area contributed by atoms with Crippen LogP contribution in [0, 0.1) is 0 Å². The topological polar surface area (TPSA) is 99.7 Å². The molecule has 1 saturated heterocycles. The summed E-state index contributed by atoms with van der Waals surface area (Å²) in [5, 5.41) is 4.37. The minimum absolute atomic E-state index is 0.0118. The predicted molar refractivity (Wildman–Crippen MR) is 98.1 cm³/mol. The minimum Gasteiger partial charge on any atom is -0.464 e. The molecular formula is C18H30N4O4. The van der Waals surface area contributed by atoms with Crippen LogP contribution in [0.5, 0.6) is 0 Å². The average Bonchev–Trinajstić information content (AvgIpc) is 2.90. The highest BCUT2D eigenvalue weighted by molar-refractivity contribution is 5.90. The Morgan fingerprint density at radius 1 is 1.31 bits per heavy atom. The number of nitrogens with two attached hydrogens (primary N) is 1. The summed E-state index contributed by atoms with van der Waals surface area (Å²) in [5.74, 6) is -0.144. The number of aromatic nitrogens is 2. The lowest BCUT2D eigenvalue weighted by Crippen LogP contribution is -2.42. The van der Waals surface area contributed by atoms with Crippen LogP contribution in [0.1, 0.15) is 75.5 Å². The second-order valence-electron chi connectivity index (χ2n) is 7.94. The monoisotopic (exact) mass is 366 g/mol. The first-order valence-electron chi connectivity index (χ1n) is 8.99. The number of anilines is 1. The molecule has 0 saturated carbocycles. The summed E-state index contributed by atoms with van der Waals surface area (Å²) in [7, 11) is 1.32. The van der Waals surface area contributed by atoms with Crippen molar-refractivity contribution in [3.63, 3.8) is 0 Å². The molecule has 1 fully saturated rings. The van der Waals surface area contributed by atoms with E-state index in [0.29, 0.717) is 24.5 Å². The first-order chi connectivity index (χ1) is 12.0. The normalized spacial score (nSPS) is 18.1. The maximum atomic E-state index is 12.4. The van der Waals surface area contributed by atoms with E-state index in [1.165, 1.54) is 7.11 Å². The standard InChI is InChI=1S/C18H30N4O4/c1-11(2)22-15(19)13(14(20-22)16(23)25-6)12-8-7-9-21(10-12)17(24)26-18(3,4)5/h11-12H,7-10,19H2,1-6H3. The van der Waals surface area contributed by atoms with Crippen molar-refractivity contribution in [3.05, 3.63) is 11.3 Å². The summed E-state index contributed by atoms with van der Waals surface area (Å²) in [6.45, 7) is 10.5. The van der Waals surface area contributed by atoms with Crippen LogP contribution >= 0.6 is 0 Å². The highest BCUT2D eigenvalue weighted by Crippen LogP contribution is 2.35. The number of nitrogens with zero attached hydrogens (tertiary/aromatic N) is 3. The van der Waals surface area contributed by atoms with E-state index in [1.54, 1.807) is 9.58 Å². The van der Waals surface area contributed by atoms with Gasteiger partial charge < -0.3 is 20.1 Å². The molecule has 0 bridgehead atoms. The van der Waals surface area contributed by atoms with Crippen molar-refractivity contribution in [1.29, 1.82) is 0 Å². The fourth-order valence-electron chi connectivity index (χ4n) is 3.21. The van der Waals surface area contributed by atoms with Gasteiger partial charge in [0.15, 0.2) is 5.69 Å². The van der Waals surface area contributed by atoms with Gasteiger partial charge in [-0.1, -0.05) is 0 Å². The summed E-state index contributed by atoms with van der Waals surface area (Å²) in [6, 6.07) is 0.0118. The van der Waals surface area contributed by atoms with Gasteiger partial charge in [0, 0.05) is 30.6 Å². The zero-order valence-electron chi connectivity index (χ0n) is 16.5. The molecule has 1 aliphatic heterocycles. The molecule has 0 aromatic carbocycles. The molecule has 146 valence electrons. The zero-order chi connectivity index (χ0) is 19.6. The fraction of sp³-hybridized carbons (Fsp3) is 0.722. The number of rotatable bonds is 3. The van der Waals surface area contributed by atoms with E-state index in [0.717, 1.165) is 12.8 Å². The van der Waals surface area contributed by atoms with Crippen LogP contribution in [0.3, 0.4) is 0 Å². The van der Waals surface area contributed by atoms with Crippen LogP contribution in [0.2, 0.25) is 0 Å². The summed E-state index contributed by atoms with van der Waals surface area (Å²) in [5.41, 5.74) is 6.65. The maximum absolute atomic E-state index is 12.4. The van der Waals surface area contributed by atoms with Gasteiger partial charge in [-0.3, -0.25) is 0 Å². The number of nitrogen functional groups attached to an aromatic ring is 1. The van der Waals surface area contributed by atoms with Gasteiger partial charge in [0.25, 0.3) is 0 Å². The molecule has 8 nitrogen and oxygen atoms in total. The number of esters is 1. The number of amides is 1. The lowest BCUT2D eigenvalue weighted by molar-refractivity contribution is 0.0198. The molecule has 26 heavy (non-hydrogen) atoms. The summed E-state index contributed by atoms with van der Waals surface area (Å²) >= 11 is 0. The van der Waals surface area contributed by atoms with Gasteiger partial charge in [0.2, 0.25) is 0 Å². The summed E-state index contributed by atoms with van der Waals surface area (Å²) in [6.07, 6.45) is 1.27. The van der Waals surface area contributed by atoms with E-state index >= 15 is 0 Å². The number of likely N-dealkylation sites (tertiary alicyclic amines) is 1. The number of hydrogen-bond donors (Lipinski definition) is 1. The van der Waals surface area contributed by atoms with E-state index in [9.17, 15) is 9.59 Å². The summed E-state index contributed by atoms with van der Waals surface area (Å²) < 4.78 is 12.0. The molecule has 1 aliphatic rings. The number of carbonyl (C=O) groups excluding carboxylic acids is 2. The van der Waals surface area contributed by atoms with Crippen molar-refractivity contribution < 1.29 is 19.1 Å². The van der Waals surface area contributed by atoms with E-state index in [4.69, 9.17) is 15.2 Å². The number of ether oxygens (including phenoxy) is 2. The molecule has 1 atom stereocenters. The van der Waals surface area contributed by atoms with Crippen molar-refractivity contribution in [2.45, 2.75) is 65.0 Å². The van der Waals surface area contributed by atoms with Gasteiger partial charge >= 0.3 is 12.1 Å². The van der Waals surface area contributed by atoms with Crippen LogP contribution < -0.4 is 5.73 Å². The maximum Gasteiger partial charge on any atom is 0.410 e. The molecule has 0 spiro atoms. The lowest BCUT2D eigenvalue weighted by atomic mass is 9.90. The molecule has 0 aliphatic carbocycles. The second-order valence-corrected chi connectivity index (χ2v) is 7.94. The molecule has 1 aromatic rings. The number of hydrogen-bond acceptors (Lipinski definition) is 6. The van der Waals surface area contributed by atoms with Crippen LogP contribution in [0.4, 0.5) is 10.6 Å². The van der Waals surface area contributed by atoms with Gasteiger partial charge in [0.05, 0.1) is 7.11 Å². The largest absolute Gasteiger partial charge is 0.464 e. The third-order valence-corrected chi connectivity index (χ3v) is 4.33. The highest BCUT2D eigenvalue weighted by atomic mass is 16.6. The Balaban J connectivity index is 2.32. The van der Waals surface area contributed by atoms with E-state index in [-0.39, 0.29) is 23.7 Å². The Kier molecular flexibility index (Phi) is 5.83. The number of methoxy groups -OCH3 is 1. The quantitative estimate of drug-likeness (QED) is 0.826. The Hall–Kier alpha value is -2.25. The molecule has 2 rings (SSSR count). The van der Waals surface area contributed by atoms with Gasteiger partial charge in [-0.05, 0) is 47.5 Å². The van der Waals surface area contributed by atoms with Crippen LogP contribution in [-0.4, -0.2) is 52.5 Å². The minimum atomic E-state index is -0.553. The molecular weight excluding hydrogens is 336 g/mol. The molecule has 1 unspecified atom stereocenters. The van der Waals surface area contributed by atoms with Crippen molar-refractivity contribution in [2.75, 3.05) is 25.9 Å². The smallest absolute Gasteiger partial charge is 0.410 e. The Morgan fingerprint density at radius 3 is 2.50 bits per heavy atom. The molecule has 1 aromatic heterocycles. The molecule has 2 heterocycles. The third kappa shape index (κ3) is 4.28. The van der Waals surface area contributed by atoms with E-state index < -0.39 is 11.6 Å². The SMILES string of the molecule is COC(=O)c1nn(C(C)C)c(N)c1C1CCCN(C(=O)OC(C)(C)C)C1. The van der Waals surface area contributed by atoms with Gasteiger partial charge in [-0.2, -0.15) is 5.10 Å². The van der Waals surface area contributed by atoms with Gasteiger partial charge in [0.1, 0.15) is 11.4 Å². The van der Waals surface area contributed by atoms with Crippen molar-refractivity contribution in [2.24, 2.45) is 0 Å². The van der Waals surface area contributed by atoms with Crippen LogP contribution in [-0.2, 0) is 9.47 Å². The predicted octanol–water partition coefficient (Wildman–Crippen LogP) is 2.95. The van der Waals surface area contributed by atoms with Crippen molar-refractivity contribution >= 4 is 17.9 Å². The Morgan fingerprint density at radius 2 is 1.96 bits per heavy atom. The van der Waals surface area contributed by atoms with Crippen molar-refractivity contribution in [3.8, 4) is 0 Å². The zero-order valence-corrected chi connectivity index (χ0v) is 16.5. The third-order valence-electron chi connectivity index (χ3n) is 4.33. The molecule has 1 amide bonds. The first-order valence-corrected chi connectivity index (χ1v) is 8.99. The second kappa shape index (κ2) is 7.55. The molecule has 8 heteroatoms. The van der Waals surface area contributed by atoms with E-state index in [1.807, 2.05) is 34.6 Å². The van der Waals surface area contributed by atoms with E-state index in [2.05, 4.69) is 5.10 Å². The molecule has 2 N–H and O–H groups in total. The number of piperidine rings is 1. The Bertz CT molecular complexity index is 675.